The lowest BCUT2D eigenvalue weighted by atomic mass is 9.87. The Morgan fingerprint density at radius 2 is 2.13 bits per heavy atom. The summed E-state index contributed by atoms with van der Waals surface area (Å²) in [5.74, 6) is -5.38. The van der Waals surface area contributed by atoms with Gasteiger partial charge < -0.3 is 15.2 Å². The molecule has 8 nitrogen and oxygen atoms in total. The Labute approximate surface area is 225 Å². The summed E-state index contributed by atoms with van der Waals surface area (Å²) in [7, 11) is 1.20. The molecular weight excluding hydrogens is 545 g/mol. The summed E-state index contributed by atoms with van der Waals surface area (Å²) in [6, 6.07) is 0.968. The maximum absolute atomic E-state index is 15.1. The van der Waals surface area contributed by atoms with Crippen LogP contribution in [0.1, 0.15) is 42.3 Å². The zero-order valence-corrected chi connectivity index (χ0v) is 21.7. The number of carboxylic acids is 1. The van der Waals surface area contributed by atoms with Gasteiger partial charge in [0.1, 0.15) is 11.9 Å². The largest absolute Gasteiger partial charge is 0.481 e. The quantitative estimate of drug-likeness (QED) is 0.477. The van der Waals surface area contributed by atoms with Crippen molar-refractivity contribution in [1.82, 2.24) is 15.2 Å². The molecule has 38 heavy (non-hydrogen) atoms. The Morgan fingerprint density at radius 3 is 2.76 bits per heavy atom. The molecule has 0 spiro atoms. The first kappa shape index (κ1) is 26.6. The molecule has 13 heteroatoms. The Hall–Kier alpha value is -2.96. The summed E-state index contributed by atoms with van der Waals surface area (Å²) in [6.07, 6.45) is 1.35. The predicted molar refractivity (Wildman–Crippen MR) is 134 cm³/mol. The van der Waals surface area contributed by atoms with Gasteiger partial charge in [0.15, 0.2) is 10.8 Å². The van der Waals surface area contributed by atoms with Gasteiger partial charge >= 0.3 is 11.9 Å². The number of nitrogens with zero attached hydrogens (tertiary/aromatic N) is 3. The maximum atomic E-state index is 15.1. The number of halogens is 4. The van der Waals surface area contributed by atoms with Crippen LogP contribution >= 0.6 is 22.9 Å². The fourth-order valence-corrected chi connectivity index (χ4v) is 6.55. The van der Waals surface area contributed by atoms with Crippen LogP contribution < -0.4 is 5.32 Å². The Bertz CT molecular complexity index is 1320. The van der Waals surface area contributed by atoms with Gasteiger partial charge in [-0.2, -0.15) is 0 Å². The van der Waals surface area contributed by atoms with Crippen LogP contribution in [0.5, 0.6) is 0 Å². The number of benzene rings is 1. The Balaban J connectivity index is 1.57. The van der Waals surface area contributed by atoms with E-state index in [1.807, 2.05) is 0 Å². The van der Waals surface area contributed by atoms with E-state index in [1.165, 1.54) is 30.6 Å². The molecule has 1 aromatic heterocycles. The van der Waals surface area contributed by atoms with Gasteiger partial charge in [-0.05, 0) is 30.9 Å². The number of aromatic nitrogens is 1. The van der Waals surface area contributed by atoms with Gasteiger partial charge in [-0.15, -0.1) is 11.3 Å². The number of amidine groups is 1. The van der Waals surface area contributed by atoms with Crippen molar-refractivity contribution < 1.29 is 32.6 Å². The second-order valence-electron chi connectivity index (χ2n) is 9.63. The molecule has 2 saturated heterocycles. The number of ether oxygens (including phenoxy) is 1. The molecule has 0 amide bonds. The van der Waals surface area contributed by atoms with Crippen molar-refractivity contribution in [3.63, 3.8) is 0 Å². The standard InChI is InChI=1S/C25H24ClF3N4O4S/c1-37-24(36)20-17(11-33-14-6-12(8-19(34)35)7-18(33)25(28,29)10-14)31-22(23-30-4-5-38-23)32-21(20)15-3-2-13(27)9-16(15)26/h2-5,9,12,14,18,21H,6-8,10-11H2,1H3,(H,31,32)(H,34,35)/t12-,14-,18-,21-/m0/s1. The number of aliphatic carboxylic acids is 1. The van der Waals surface area contributed by atoms with Crippen LogP contribution in [0.4, 0.5) is 13.2 Å². The highest BCUT2D eigenvalue weighted by atomic mass is 35.5. The molecule has 2 fully saturated rings. The number of carboxylic acid groups (broad SMARTS) is 1. The molecule has 202 valence electrons. The molecule has 0 aliphatic carbocycles. The number of thiazole rings is 1. The minimum Gasteiger partial charge on any atom is -0.481 e. The number of fused-ring (bicyclic) bond motifs is 2. The topological polar surface area (TPSA) is 104 Å². The summed E-state index contributed by atoms with van der Waals surface area (Å²) in [6.45, 7) is -0.0607. The van der Waals surface area contributed by atoms with Gasteiger partial charge in [0, 0.05) is 53.3 Å². The highest BCUT2D eigenvalue weighted by Gasteiger charge is 2.57. The van der Waals surface area contributed by atoms with E-state index in [1.54, 1.807) is 16.5 Å². The highest BCUT2D eigenvalue weighted by molar-refractivity contribution is 7.11. The molecule has 1 aromatic carbocycles. The number of nitrogens with one attached hydrogen (secondary N) is 1. The lowest BCUT2D eigenvalue weighted by Gasteiger charge is -2.40. The van der Waals surface area contributed by atoms with E-state index < -0.39 is 48.2 Å². The third kappa shape index (κ3) is 5.04. The van der Waals surface area contributed by atoms with Crippen molar-refractivity contribution in [1.29, 1.82) is 0 Å². The first-order chi connectivity index (χ1) is 18.1. The molecule has 2 N–H and O–H groups in total. The maximum Gasteiger partial charge on any atom is 0.338 e. The van der Waals surface area contributed by atoms with Crippen LogP contribution in [-0.4, -0.2) is 64.4 Å². The van der Waals surface area contributed by atoms with Crippen molar-refractivity contribution in [3.05, 3.63) is 62.5 Å². The van der Waals surface area contributed by atoms with Gasteiger partial charge in [0.2, 0.25) is 0 Å². The highest BCUT2D eigenvalue weighted by Crippen LogP contribution is 2.49. The summed E-state index contributed by atoms with van der Waals surface area (Å²) in [5.41, 5.74) is 0.707. The molecule has 0 radical (unpaired) electrons. The van der Waals surface area contributed by atoms with E-state index >= 15 is 8.78 Å². The van der Waals surface area contributed by atoms with Gasteiger partial charge in [0.05, 0.1) is 18.7 Å². The molecule has 2 aromatic rings. The molecule has 0 saturated carbocycles. The van der Waals surface area contributed by atoms with E-state index in [0.717, 1.165) is 6.07 Å². The Morgan fingerprint density at radius 1 is 1.34 bits per heavy atom. The van der Waals surface area contributed by atoms with E-state index in [0.29, 0.717) is 28.5 Å². The van der Waals surface area contributed by atoms with Crippen molar-refractivity contribution in [2.75, 3.05) is 13.7 Å². The molecule has 2 bridgehead atoms. The number of hydrogen-bond donors (Lipinski definition) is 2. The van der Waals surface area contributed by atoms with Gasteiger partial charge in [-0.1, -0.05) is 17.7 Å². The molecule has 4 atom stereocenters. The fourth-order valence-electron chi connectivity index (χ4n) is 5.69. The van der Waals surface area contributed by atoms with Crippen molar-refractivity contribution in [3.8, 4) is 0 Å². The van der Waals surface area contributed by atoms with E-state index in [-0.39, 0.29) is 35.9 Å². The number of carbonyl (C=O) groups is 2. The molecule has 4 heterocycles. The molecule has 5 rings (SSSR count). The second kappa shape index (κ2) is 10.3. The number of esters is 1. The smallest absolute Gasteiger partial charge is 0.338 e. The number of methoxy groups -OCH3 is 1. The third-order valence-corrected chi connectivity index (χ3v) is 8.36. The van der Waals surface area contributed by atoms with E-state index in [4.69, 9.17) is 16.3 Å². The van der Waals surface area contributed by atoms with Crippen LogP contribution in [0.15, 0.2) is 46.0 Å². The average molecular weight is 569 g/mol. The number of aliphatic imine (C=N–C) groups is 1. The Kier molecular flexibility index (Phi) is 7.23. The van der Waals surface area contributed by atoms with E-state index in [2.05, 4.69) is 15.3 Å². The van der Waals surface area contributed by atoms with E-state index in [9.17, 15) is 19.1 Å². The zero-order valence-electron chi connectivity index (χ0n) is 20.2. The zero-order chi connectivity index (χ0) is 27.2. The number of rotatable bonds is 7. The van der Waals surface area contributed by atoms with Crippen LogP contribution in [0.2, 0.25) is 5.02 Å². The SMILES string of the molecule is COC(=O)C1=C(CN2[C@H]3C[C@H](CC(=O)O)C[C@H]2C(F)(F)C3)NC(c2nccs2)=N[C@H]1c1ccc(F)cc1Cl. The van der Waals surface area contributed by atoms with Crippen molar-refractivity contribution in [2.45, 2.75) is 49.7 Å². The average Bonchev–Trinajstić information content (AvgIpc) is 3.43. The van der Waals surface area contributed by atoms with Gasteiger partial charge in [0.25, 0.3) is 5.92 Å². The lowest BCUT2D eigenvalue weighted by molar-refractivity contribution is -0.139. The van der Waals surface area contributed by atoms with Crippen molar-refractivity contribution >= 4 is 40.7 Å². The normalized spacial score (nSPS) is 26.6. The number of hydrogen-bond acceptors (Lipinski definition) is 8. The van der Waals surface area contributed by atoms with Gasteiger partial charge in [-0.3, -0.25) is 14.7 Å². The number of carbonyl (C=O) groups excluding carboxylic acids is 1. The second-order valence-corrected chi connectivity index (χ2v) is 10.9. The summed E-state index contributed by atoms with van der Waals surface area (Å²) < 4.78 is 49.0. The summed E-state index contributed by atoms with van der Waals surface area (Å²) in [5, 5.41) is 14.6. The molecule has 3 aliphatic heterocycles. The fraction of sp³-hybridized carbons (Fsp3) is 0.440. The van der Waals surface area contributed by atoms with Crippen LogP contribution in [0, 0.1) is 11.7 Å². The van der Waals surface area contributed by atoms with Crippen LogP contribution in [-0.2, 0) is 14.3 Å². The lowest BCUT2D eigenvalue weighted by Crippen LogP contribution is -2.50. The van der Waals surface area contributed by atoms with Crippen LogP contribution in [0.25, 0.3) is 0 Å². The number of alkyl halides is 2. The van der Waals surface area contributed by atoms with Crippen LogP contribution in [0.3, 0.4) is 0 Å². The molecule has 0 unspecified atom stereocenters. The third-order valence-electron chi connectivity index (χ3n) is 7.25. The minimum absolute atomic E-state index is 0.0251. The van der Waals surface area contributed by atoms with Crippen molar-refractivity contribution in [2.24, 2.45) is 10.9 Å². The molecule has 3 aliphatic rings. The monoisotopic (exact) mass is 568 g/mol. The summed E-state index contributed by atoms with van der Waals surface area (Å²) >= 11 is 7.66. The summed E-state index contributed by atoms with van der Waals surface area (Å²) in [4.78, 5) is 34.9. The first-order valence-electron chi connectivity index (χ1n) is 11.9. The number of piperidine rings is 1. The predicted octanol–water partition coefficient (Wildman–Crippen LogP) is 4.42. The minimum atomic E-state index is -3.01. The van der Waals surface area contributed by atoms with Gasteiger partial charge in [-0.25, -0.2) is 22.9 Å². The first-order valence-corrected chi connectivity index (χ1v) is 13.2. The molecular formula is C25H24ClF3N4O4S.